The van der Waals surface area contributed by atoms with Crippen molar-refractivity contribution in [3.05, 3.63) is 50.6 Å². The third-order valence-electron chi connectivity index (χ3n) is 2.41. The molecule has 0 saturated carbocycles. The maximum Gasteiger partial charge on any atom is 0.573 e. The van der Waals surface area contributed by atoms with E-state index in [-0.39, 0.29) is 18.2 Å². The van der Waals surface area contributed by atoms with Crippen LogP contribution in [0.3, 0.4) is 0 Å². The van der Waals surface area contributed by atoms with Crippen LogP contribution in [-0.4, -0.2) is 12.3 Å². The second-order valence-corrected chi connectivity index (χ2v) is 6.44. The zero-order valence-electron chi connectivity index (χ0n) is 10.4. The van der Waals surface area contributed by atoms with Gasteiger partial charge in [0, 0.05) is 6.54 Å². The Balaban J connectivity index is 1.90. The molecule has 0 bridgehead atoms. The fraction of sp³-hybridized carbons (Fsp3) is 0.154. The Morgan fingerprint density at radius 2 is 1.86 bits per heavy atom. The molecule has 0 unspecified atom stereocenters. The van der Waals surface area contributed by atoms with Crippen molar-refractivity contribution in [2.45, 2.75) is 12.9 Å². The fourth-order valence-electron chi connectivity index (χ4n) is 1.51. The highest BCUT2D eigenvalue weighted by Gasteiger charge is 2.30. The first-order valence-electron chi connectivity index (χ1n) is 5.72. The first kappa shape index (κ1) is 15.8. The fourth-order valence-corrected chi connectivity index (χ4v) is 2.82. The van der Waals surface area contributed by atoms with Gasteiger partial charge in [0.2, 0.25) is 0 Å². The molecule has 1 aromatic heterocycles. The summed E-state index contributed by atoms with van der Waals surface area (Å²) < 4.78 is 40.6. The molecule has 112 valence electrons. The molecule has 21 heavy (non-hydrogen) atoms. The van der Waals surface area contributed by atoms with Crippen LogP contribution < -0.4 is 10.1 Å². The maximum atomic E-state index is 12.0. The lowest BCUT2D eigenvalue weighted by Gasteiger charge is -2.09. The molecule has 0 aliphatic carbocycles. The molecule has 0 fully saturated rings. The van der Waals surface area contributed by atoms with Gasteiger partial charge in [-0.2, -0.15) is 0 Å². The number of nitrogens with one attached hydrogen (secondary N) is 1. The van der Waals surface area contributed by atoms with E-state index in [9.17, 15) is 18.0 Å². The number of hydrogen-bond donors (Lipinski definition) is 1. The number of thiophene rings is 1. The highest BCUT2D eigenvalue weighted by atomic mass is 79.9. The van der Waals surface area contributed by atoms with E-state index in [1.54, 1.807) is 12.1 Å². The van der Waals surface area contributed by atoms with Crippen molar-refractivity contribution in [3.63, 3.8) is 0 Å². The van der Waals surface area contributed by atoms with Gasteiger partial charge in [-0.05, 0) is 45.8 Å². The van der Waals surface area contributed by atoms with Crippen LogP contribution in [0.5, 0.6) is 5.75 Å². The minimum atomic E-state index is -4.71. The molecule has 1 aromatic carbocycles. The van der Waals surface area contributed by atoms with Crippen LogP contribution in [0.4, 0.5) is 13.2 Å². The molecule has 0 spiro atoms. The zero-order chi connectivity index (χ0) is 15.5. The number of halogens is 4. The molecule has 2 rings (SSSR count). The van der Waals surface area contributed by atoms with Gasteiger partial charge in [-0.15, -0.1) is 24.5 Å². The number of amides is 1. The predicted molar refractivity (Wildman–Crippen MR) is 76.3 cm³/mol. The third-order valence-corrected chi connectivity index (χ3v) is 4.03. The van der Waals surface area contributed by atoms with Crippen LogP contribution in [0, 0.1) is 0 Å². The number of carbonyl (C=O) groups excluding carboxylic acids is 1. The van der Waals surface area contributed by atoms with Gasteiger partial charge in [0.05, 0.1) is 8.66 Å². The van der Waals surface area contributed by atoms with E-state index < -0.39 is 6.36 Å². The minimum Gasteiger partial charge on any atom is -0.406 e. The van der Waals surface area contributed by atoms with Crippen LogP contribution >= 0.6 is 27.3 Å². The molecule has 0 aliphatic rings. The van der Waals surface area contributed by atoms with Crippen LogP contribution in [-0.2, 0) is 6.54 Å². The van der Waals surface area contributed by atoms with Crippen LogP contribution in [0.15, 0.2) is 40.2 Å². The lowest BCUT2D eigenvalue weighted by atomic mass is 10.2. The van der Waals surface area contributed by atoms with Crippen LogP contribution in [0.1, 0.15) is 15.2 Å². The second-order valence-electron chi connectivity index (χ2n) is 3.98. The number of benzene rings is 1. The summed E-state index contributed by atoms with van der Waals surface area (Å²) in [5.74, 6) is -0.527. The Hall–Kier alpha value is -1.54. The lowest BCUT2D eigenvalue weighted by molar-refractivity contribution is -0.274. The van der Waals surface area contributed by atoms with Crippen molar-refractivity contribution in [2.24, 2.45) is 0 Å². The molecule has 0 atom stereocenters. The first-order chi connectivity index (χ1) is 9.83. The Bertz CT molecular complexity index is 625. The van der Waals surface area contributed by atoms with Crippen molar-refractivity contribution >= 4 is 33.2 Å². The molecule has 0 saturated heterocycles. The Morgan fingerprint density at radius 3 is 2.38 bits per heavy atom. The van der Waals surface area contributed by atoms with E-state index in [0.29, 0.717) is 10.4 Å². The lowest BCUT2D eigenvalue weighted by Crippen LogP contribution is -2.21. The summed E-state index contributed by atoms with van der Waals surface area (Å²) in [6, 6.07) is 8.79. The Kier molecular flexibility index (Phi) is 4.89. The number of alkyl halides is 3. The van der Waals surface area contributed by atoms with Gasteiger partial charge < -0.3 is 10.1 Å². The number of rotatable bonds is 4. The Morgan fingerprint density at radius 1 is 1.19 bits per heavy atom. The van der Waals surface area contributed by atoms with E-state index in [0.717, 1.165) is 3.79 Å². The van der Waals surface area contributed by atoms with E-state index in [2.05, 4.69) is 26.0 Å². The third kappa shape index (κ3) is 5.05. The molecule has 1 heterocycles. The summed E-state index contributed by atoms with van der Waals surface area (Å²) in [5, 5.41) is 2.68. The molecule has 2 aromatic rings. The van der Waals surface area contributed by atoms with E-state index >= 15 is 0 Å². The van der Waals surface area contributed by atoms with Gasteiger partial charge in [-0.3, -0.25) is 4.79 Å². The maximum absolute atomic E-state index is 12.0. The summed E-state index contributed by atoms with van der Waals surface area (Å²) in [5.41, 5.74) is 0.675. The highest BCUT2D eigenvalue weighted by Crippen LogP contribution is 2.23. The molecule has 0 radical (unpaired) electrons. The smallest absolute Gasteiger partial charge is 0.406 e. The van der Waals surface area contributed by atoms with Crippen molar-refractivity contribution < 1.29 is 22.7 Å². The average molecular weight is 380 g/mol. The van der Waals surface area contributed by atoms with Gasteiger partial charge in [0.25, 0.3) is 5.91 Å². The van der Waals surface area contributed by atoms with Gasteiger partial charge in [-0.1, -0.05) is 12.1 Å². The highest BCUT2D eigenvalue weighted by molar-refractivity contribution is 9.11. The van der Waals surface area contributed by atoms with E-state index in [1.807, 2.05) is 0 Å². The quantitative estimate of drug-likeness (QED) is 0.857. The number of ether oxygens (including phenoxy) is 1. The zero-order valence-corrected chi connectivity index (χ0v) is 12.8. The molecule has 1 N–H and O–H groups in total. The molecule has 1 amide bonds. The molecule has 3 nitrogen and oxygen atoms in total. The molecule has 0 aliphatic heterocycles. The van der Waals surface area contributed by atoms with Gasteiger partial charge in [-0.25, -0.2) is 0 Å². The number of hydrogen-bond acceptors (Lipinski definition) is 3. The van der Waals surface area contributed by atoms with Crippen molar-refractivity contribution in [1.82, 2.24) is 5.32 Å². The van der Waals surface area contributed by atoms with E-state index in [1.165, 1.54) is 35.6 Å². The summed E-state index contributed by atoms with van der Waals surface area (Å²) in [6.07, 6.45) is -4.71. The normalized spacial score (nSPS) is 11.2. The summed E-state index contributed by atoms with van der Waals surface area (Å²) in [4.78, 5) is 12.3. The minimum absolute atomic E-state index is 0.223. The predicted octanol–water partition coefficient (Wildman–Crippen LogP) is 4.34. The molecule has 8 heteroatoms. The van der Waals surface area contributed by atoms with Gasteiger partial charge in [0.1, 0.15) is 5.75 Å². The topological polar surface area (TPSA) is 38.3 Å². The Labute approximate surface area is 130 Å². The first-order valence-corrected chi connectivity index (χ1v) is 7.33. The summed E-state index contributed by atoms with van der Waals surface area (Å²) in [7, 11) is 0. The molecular formula is C13H9BrF3NO2S. The van der Waals surface area contributed by atoms with Gasteiger partial charge in [0.15, 0.2) is 0 Å². The standard InChI is InChI=1S/C13H9BrF3NO2S/c14-11-6-5-10(21-11)12(19)18-7-8-1-3-9(4-2-8)20-13(15,16)17/h1-6H,7H2,(H,18,19). The average Bonchev–Trinajstić information content (AvgIpc) is 2.82. The summed E-state index contributed by atoms with van der Waals surface area (Å²) >= 11 is 4.56. The molecular weight excluding hydrogens is 371 g/mol. The van der Waals surface area contributed by atoms with E-state index in [4.69, 9.17) is 0 Å². The van der Waals surface area contributed by atoms with Crippen molar-refractivity contribution in [1.29, 1.82) is 0 Å². The number of carbonyl (C=O) groups is 1. The van der Waals surface area contributed by atoms with Crippen LogP contribution in [0.2, 0.25) is 0 Å². The second kappa shape index (κ2) is 6.48. The van der Waals surface area contributed by atoms with Gasteiger partial charge >= 0.3 is 6.36 Å². The largest absolute Gasteiger partial charge is 0.573 e. The summed E-state index contributed by atoms with van der Waals surface area (Å²) in [6.45, 7) is 0.223. The van der Waals surface area contributed by atoms with Crippen molar-refractivity contribution in [3.8, 4) is 5.75 Å². The monoisotopic (exact) mass is 379 g/mol. The van der Waals surface area contributed by atoms with Crippen molar-refractivity contribution in [2.75, 3.05) is 0 Å². The SMILES string of the molecule is O=C(NCc1ccc(OC(F)(F)F)cc1)c1ccc(Br)s1. The van der Waals surface area contributed by atoms with Crippen LogP contribution in [0.25, 0.3) is 0 Å².